The van der Waals surface area contributed by atoms with Crippen molar-refractivity contribution in [1.82, 2.24) is 25.6 Å². The molecule has 2 fully saturated rings. The van der Waals surface area contributed by atoms with Crippen molar-refractivity contribution in [3.63, 3.8) is 0 Å². The maximum absolute atomic E-state index is 12.3. The van der Waals surface area contributed by atoms with Gasteiger partial charge in [-0.3, -0.25) is 9.59 Å². The lowest BCUT2D eigenvalue weighted by Gasteiger charge is -2.28. The average Bonchev–Trinajstić information content (AvgIpc) is 2.96. The van der Waals surface area contributed by atoms with E-state index in [4.69, 9.17) is 5.11 Å². The molecule has 0 atom stereocenters. The molecule has 8 heteroatoms. The highest BCUT2D eigenvalue weighted by Gasteiger charge is 2.38. The van der Waals surface area contributed by atoms with Gasteiger partial charge < -0.3 is 15.7 Å². The van der Waals surface area contributed by atoms with Gasteiger partial charge in [-0.2, -0.15) is 0 Å². The average molecular weight is 293 g/mol. The van der Waals surface area contributed by atoms with Crippen molar-refractivity contribution < 1.29 is 14.7 Å². The zero-order valence-electron chi connectivity index (χ0n) is 11.7. The van der Waals surface area contributed by atoms with Crippen LogP contribution in [0.2, 0.25) is 0 Å². The maximum Gasteiger partial charge on any atom is 0.305 e. The molecule has 0 bridgehead atoms. The van der Waals surface area contributed by atoms with Crippen molar-refractivity contribution in [2.75, 3.05) is 13.1 Å². The summed E-state index contributed by atoms with van der Waals surface area (Å²) >= 11 is 0. The minimum absolute atomic E-state index is 0.0422. The Morgan fingerprint density at radius 2 is 2.14 bits per heavy atom. The van der Waals surface area contributed by atoms with E-state index in [1.165, 1.54) is 0 Å². The Hall–Kier alpha value is -1.96. The molecule has 8 nitrogen and oxygen atoms in total. The molecule has 1 saturated carbocycles. The number of rotatable bonds is 5. The van der Waals surface area contributed by atoms with E-state index in [-0.39, 0.29) is 24.1 Å². The van der Waals surface area contributed by atoms with Crippen LogP contribution in [0.15, 0.2) is 6.20 Å². The Kier molecular flexibility index (Phi) is 3.62. The van der Waals surface area contributed by atoms with Gasteiger partial charge in [0.25, 0.3) is 5.91 Å². The molecule has 0 unspecified atom stereocenters. The first kappa shape index (κ1) is 14.0. The SMILES string of the molecule is O=C(O)CC1(NC(=O)c2cn(C3CNC3)nn2)CCCC1. The fraction of sp³-hybridized carbons (Fsp3) is 0.692. The molecular weight excluding hydrogens is 274 g/mol. The Labute approximate surface area is 121 Å². The monoisotopic (exact) mass is 293 g/mol. The van der Waals surface area contributed by atoms with Crippen molar-refractivity contribution in [2.24, 2.45) is 0 Å². The van der Waals surface area contributed by atoms with Crippen molar-refractivity contribution >= 4 is 11.9 Å². The summed E-state index contributed by atoms with van der Waals surface area (Å²) in [7, 11) is 0. The van der Waals surface area contributed by atoms with Crippen molar-refractivity contribution in [3.8, 4) is 0 Å². The molecule has 1 aliphatic heterocycles. The van der Waals surface area contributed by atoms with E-state index in [1.54, 1.807) is 10.9 Å². The second-order valence-corrected chi connectivity index (χ2v) is 5.91. The van der Waals surface area contributed by atoms with E-state index in [1.807, 2.05) is 0 Å². The van der Waals surface area contributed by atoms with E-state index < -0.39 is 11.5 Å². The third kappa shape index (κ3) is 2.90. The largest absolute Gasteiger partial charge is 0.481 e. The summed E-state index contributed by atoms with van der Waals surface area (Å²) < 4.78 is 1.68. The summed E-state index contributed by atoms with van der Waals surface area (Å²) in [6.07, 6.45) is 4.86. The molecule has 1 aromatic heterocycles. The summed E-state index contributed by atoms with van der Waals surface area (Å²) in [6, 6.07) is 0.249. The first-order chi connectivity index (χ1) is 10.1. The summed E-state index contributed by atoms with van der Waals surface area (Å²) in [5.41, 5.74) is -0.386. The van der Waals surface area contributed by atoms with Crippen LogP contribution in [0, 0.1) is 0 Å². The van der Waals surface area contributed by atoms with Crippen LogP contribution in [0.4, 0.5) is 0 Å². The van der Waals surface area contributed by atoms with Gasteiger partial charge in [0.1, 0.15) is 0 Å². The van der Waals surface area contributed by atoms with Gasteiger partial charge >= 0.3 is 5.97 Å². The molecule has 1 aromatic rings. The third-order valence-corrected chi connectivity index (χ3v) is 4.31. The van der Waals surface area contributed by atoms with Gasteiger partial charge in [-0.05, 0) is 12.8 Å². The lowest BCUT2D eigenvalue weighted by Crippen LogP contribution is -2.48. The lowest BCUT2D eigenvalue weighted by molar-refractivity contribution is -0.138. The molecule has 3 rings (SSSR count). The predicted octanol–water partition coefficient (Wildman–Crippen LogP) is -0.0603. The Morgan fingerprint density at radius 1 is 1.43 bits per heavy atom. The number of nitrogens with one attached hydrogen (secondary N) is 2. The molecule has 2 heterocycles. The van der Waals surface area contributed by atoms with Crippen LogP contribution in [0.1, 0.15) is 48.6 Å². The van der Waals surface area contributed by atoms with Gasteiger partial charge in [-0.1, -0.05) is 18.1 Å². The number of aliphatic carboxylic acids is 1. The topological polar surface area (TPSA) is 109 Å². The van der Waals surface area contributed by atoms with Crippen LogP contribution in [0.3, 0.4) is 0 Å². The number of carboxylic acids is 1. The number of aromatic nitrogens is 3. The first-order valence-electron chi connectivity index (χ1n) is 7.25. The number of carbonyl (C=O) groups excluding carboxylic acids is 1. The molecule has 1 aliphatic carbocycles. The van der Waals surface area contributed by atoms with Crippen molar-refractivity contribution in [2.45, 2.75) is 43.7 Å². The van der Waals surface area contributed by atoms with Crippen LogP contribution in [-0.2, 0) is 4.79 Å². The molecule has 3 N–H and O–H groups in total. The third-order valence-electron chi connectivity index (χ3n) is 4.31. The number of hydrogen-bond donors (Lipinski definition) is 3. The van der Waals surface area contributed by atoms with Crippen molar-refractivity contribution in [1.29, 1.82) is 0 Å². The number of hydrogen-bond acceptors (Lipinski definition) is 5. The summed E-state index contributed by atoms with van der Waals surface area (Å²) in [6.45, 7) is 1.65. The molecule has 0 radical (unpaired) electrons. The standard InChI is InChI=1S/C13H19N5O3/c19-11(20)5-13(3-1-2-4-13)15-12(21)10-8-18(17-16-10)9-6-14-7-9/h8-9,14H,1-7H2,(H,15,21)(H,19,20). The number of carboxylic acid groups (broad SMARTS) is 1. The zero-order chi connectivity index (χ0) is 14.9. The molecule has 1 saturated heterocycles. The van der Waals surface area contributed by atoms with E-state index in [9.17, 15) is 9.59 Å². The molecule has 2 aliphatic rings. The van der Waals surface area contributed by atoms with Gasteiger partial charge in [0.15, 0.2) is 5.69 Å². The molecule has 0 aromatic carbocycles. The van der Waals surface area contributed by atoms with Crippen molar-refractivity contribution in [3.05, 3.63) is 11.9 Å². The smallest absolute Gasteiger partial charge is 0.305 e. The number of amides is 1. The Morgan fingerprint density at radius 3 is 2.71 bits per heavy atom. The normalized spacial score (nSPS) is 21.0. The Bertz CT molecular complexity index is 546. The first-order valence-corrected chi connectivity index (χ1v) is 7.25. The lowest BCUT2D eigenvalue weighted by atomic mass is 9.93. The van der Waals surface area contributed by atoms with Crippen LogP contribution in [0.25, 0.3) is 0 Å². The molecule has 1 amide bonds. The van der Waals surface area contributed by atoms with Crippen LogP contribution < -0.4 is 10.6 Å². The quantitative estimate of drug-likeness (QED) is 0.701. The van der Waals surface area contributed by atoms with Crippen LogP contribution in [0.5, 0.6) is 0 Å². The maximum atomic E-state index is 12.3. The minimum Gasteiger partial charge on any atom is -0.481 e. The summed E-state index contributed by atoms with van der Waals surface area (Å²) in [4.78, 5) is 23.3. The zero-order valence-corrected chi connectivity index (χ0v) is 11.7. The highest BCUT2D eigenvalue weighted by Crippen LogP contribution is 2.32. The van der Waals surface area contributed by atoms with E-state index in [0.29, 0.717) is 12.8 Å². The second kappa shape index (κ2) is 5.44. The highest BCUT2D eigenvalue weighted by molar-refractivity contribution is 5.92. The number of nitrogens with zero attached hydrogens (tertiary/aromatic N) is 3. The molecule has 114 valence electrons. The fourth-order valence-electron chi connectivity index (χ4n) is 3.01. The van der Waals surface area contributed by atoms with Crippen LogP contribution in [-0.4, -0.2) is 50.6 Å². The highest BCUT2D eigenvalue weighted by atomic mass is 16.4. The van der Waals surface area contributed by atoms with Gasteiger partial charge in [-0.25, -0.2) is 4.68 Å². The second-order valence-electron chi connectivity index (χ2n) is 5.91. The van der Waals surface area contributed by atoms with Gasteiger partial charge in [0, 0.05) is 13.1 Å². The van der Waals surface area contributed by atoms with Gasteiger partial charge in [0.2, 0.25) is 0 Å². The Balaban J connectivity index is 1.69. The predicted molar refractivity (Wildman–Crippen MR) is 72.8 cm³/mol. The fourth-order valence-corrected chi connectivity index (χ4v) is 3.01. The molecule has 21 heavy (non-hydrogen) atoms. The summed E-state index contributed by atoms with van der Waals surface area (Å²) in [5, 5.41) is 22.9. The molecular formula is C13H19N5O3. The molecule has 0 spiro atoms. The van der Waals surface area contributed by atoms with Gasteiger partial charge in [0.05, 0.1) is 24.2 Å². The minimum atomic E-state index is -0.888. The van der Waals surface area contributed by atoms with E-state index in [0.717, 1.165) is 25.9 Å². The van der Waals surface area contributed by atoms with Gasteiger partial charge in [-0.15, -0.1) is 5.10 Å². The summed E-state index contributed by atoms with van der Waals surface area (Å²) in [5.74, 6) is -1.22. The van der Waals surface area contributed by atoms with Crippen LogP contribution >= 0.6 is 0 Å². The number of carbonyl (C=O) groups is 2. The van der Waals surface area contributed by atoms with E-state index in [2.05, 4.69) is 20.9 Å². The van der Waals surface area contributed by atoms with E-state index >= 15 is 0 Å².